The van der Waals surface area contributed by atoms with Gasteiger partial charge in [-0.25, -0.2) is 9.79 Å². The molecule has 142 valence electrons. The highest BCUT2D eigenvalue weighted by Gasteiger charge is 2.24. The molecule has 2 aromatic carbocycles. The molecule has 1 N–H and O–H groups in total. The third-order valence-electron chi connectivity index (χ3n) is 4.55. The highest BCUT2D eigenvalue weighted by atomic mass is 32.2. The van der Waals surface area contributed by atoms with Crippen molar-refractivity contribution < 1.29 is 9.53 Å². The van der Waals surface area contributed by atoms with E-state index in [9.17, 15) is 9.59 Å². The molecule has 3 aromatic rings. The number of ether oxygens (including phenoxy) is 1. The van der Waals surface area contributed by atoms with Gasteiger partial charge in [-0.05, 0) is 59.8 Å². The molecule has 1 aliphatic heterocycles. The van der Waals surface area contributed by atoms with Crippen LogP contribution in [0, 0.1) is 0 Å². The van der Waals surface area contributed by atoms with Crippen LogP contribution >= 0.6 is 11.8 Å². The van der Waals surface area contributed by atoms with Gasteiger partial charge in [0.1, 0.15) is 5.75 Å². The monoisotopic (exact) mass is 394 g/mol. The number of amidine groups is 1. The highest BCUT2D eigenvalue weighted by molar-refractivity contribution is 8.18. The van der Waals surface area contributed by atoms with Gasteiger partial charge >= 0.3 is 5.69 Å². The van der Waals surface area contributed by atoms with Crippen LogP contribution < -0.4 is 15.7 Å². The van der Waals surface area contributed by atoms with Crippen molar-refractivity contribution in [3.63, 3.8) is 0 Å². The van der Waals surface area contributed by atoms with E-state index in [1.165, 1.54) is 11.8 Å². The molecular formula is C20H18N4O3S. The number of rotatable bonds is 3. The maximum Gasteiger partial charge on any atom is 0.328 e. The van der Waals surface area contributed by atoms with Crippen LogP contribution in [0.2, 0.25) is 0 Å². The number of benzene rings is 2. The van der Waals surface area contributed by atoms with Crippen molar-refractivity contribution in [1.82, 2.24) is 14.5 Å². The number of nitrogens with one attached hydrogen (secondary N) is 1. The number of fused-ring (bicyclic) bond motifs is 1. The van der Waals surface area contributed by atoms with Gasteiger partial charge in [-0.3, -0.25) is 13.9 Å². The highest BCUT2D eigenvalue weighted by Crippen LogP contribution is 2.29. The predicted molar refractivity (Wildman–Crippen MR) is 112 cm³/mol. The summed E-state index contributed by atoms with van der Waals surface area (Å²) in [7, 11) is 5.08. The number of aryl methyl sites for hydroxylation is 2. The van der Waals surface area contributed by atoms with Crippen LogP contribution in [-0.4, -0.2) is 27.3 Å². The first kappa shape index (κ1) is 18.1. The van der Waals surface area contributed by atoms with Crippen LogP contribution in [0.4, 0.5) is 5.69 Å². The van der Waals surface area contributed by atoms with Gasteiger partial charge in [0.2, 0.25) is 0 Å². The number of methoxy groups -OCH3 is 1. The lowest BCUT2D eigenvalue weighted by atomic mass is 10.2. The lowest BCUT2D eigenvalue weighted by molar-refractivity contribution is -0.115. The normalized spacial score (nSPS) is 16.9. The van der Waals surface area contributed by atoms with E-state index in [1.54, 1.807) is 36.4 Å². The zero-order chi connectivity index (χ0) is 19.8. The Morgan fingerprint density at radius 3 is 2.46 bits per heavy atom. The van der Waals surface area contributed by atoms with Crippen LogP contribution in [0.5, 0.6) is 5.75 Å². The number of aliphatic imine (C=N–C) groups is 1. The van der Waals surface area contributed by atoms with Gasteiger partial charge in [0.15, 0.2) is 5.17 Å². The number of thioether (sulfide) groups is 1. The molecule has 1 fully saturated rings. The van der Waals surface area contributed by atoms with Crippen LogP contribution in [0.3, 0.4) is 0 Å². The van der Waals surface area contributed by atoms with Crippen molar-refractivity contribution in [3.8, 4) is 5.75 Å². The van der Waals surface area contributed by atoms with Crippen LogP contribution in [0.15, 0.2) is 57.2 Å². The molecule has 1 aromatic heterocycles. The molecule has 28 heavy (non-hydrogen) atoms. The first-order valence-electron chi connectivity index (χ1n) is 8.55. The van der Waals surface area contributed by atoms with Crippen LogP contribution in [0.25, 0.3) is 17.1 Å². The van der Waals surface area contributed by atoms with Crippen molar-refractivity contribution in [2.45, 2.75) is 0 Å². The Morgan fingerprint density at radius 2 is 1.75 bits per heavy atom. The SMILES string of the molecule is COc1ccc(N=C2NC(=O)C(=Cc3ccc4c(c3)n(C)c(=O)n4C)S2)cc1. The summed E-state index contributed by atoms with van der Waals surface area (Å²) in [6, 6.07) is 13.0. The summed E-state index contributed by atoms with van der Waals surface area (Å²) in [5, 5.41) is 3.30. The summed E-state index contributed by atoms with van der Waals surface area (Å²) in [6.07, 6.45) is 1.80. The summed E-state index contributed by atoms with van der Waals surface area (Å²) in [5.74, 6) is 0.553. The van der Waals surface area contributed by atoms with Crippen molar-refractivity contribution in [1.29, 1.82) is 0 Å². The molecule has 0 spiro atoms. The maximum absolute atomic E-state index is 12.3. The van der Waals surface area contributed by atoms with E-state index in [1.807, 2.05) is 42.5 Å². The number of hydrogen-bond acceptors (Lipinski definition) is 5. The molecule has 0 bridgehead atoms. The van der Waals surface area contributed by atoms with E-state index >= 15 is 0 Å². The minimum absolute atomic E-state index is 0.0818. The zero-order valence-electron chi connectivity index (χ0n) is 15.6. The number of imidazole rings is 1. The molecule has 0 atom stereocenters. The Balaban J connectivity index is 1.62. The summed E-state index contributed by atoms with van der Waals surface area (Å²) in [5.41, 5.74) is 3.15. The number of amides is 1. The minimum atomic E-state index is -0.195. The fourth-order valence-corrected chi connectivity index (χ4v) is 3.86. The number of carbonyl (C=O) groups is 1. The van der Waals surface area contributed by atoms with Crippen molar-refractivity contribution in [2.24, 2.45) is 19.1 Å². The van der Waals surface area contributed by atoms with Gasteiger partial charge in [0, 0.05) is 14.1 Å². The molecule has 0 aliphatic carbocycles. The quantitative estimate of drug-likeness (QED) is 0.693. The molecule has 8 heteroatoms. The second kappa shape index (κ2) is 7.05. The van der Waals surface area contributed by atoms with E-state index in [0.717, 1.165) is 28.0 Å². The van der Waals surface area contributed by atoms with E-state index in [0.29, 0.717) is 10.1 Å². The zero-order valence-corrected chi connectivity index (χ0v) is 16.4. The Morgan fingerprint density at radius 1 is 1.04 bits per heavy atom. The molecule has 4 rings (SSSR count). The van der Waals surface area contributed by atoms with Gasteiger partial charge in [-0.15, -0.1) is 0 Å². The maximum atomic E-state index is 12.3. The second-order valence-electron chi connectivity index (χ2n) is 6.33. The molecular weight excluding hydrogens is 376 g/mol. The topological polar surface area (TPSA) is 77.6 Å². The molecule has 0 radical (unpaired) electrons. The van der Waals surface area contributed by atoms with E-state index < -0.39 is 0 Å². The Labute approximate surface area is 165 Å². The molecule has 1 amide bonds. The number of hydrogen-bond donors (Lipinski definition) is 1. The van der Waals surface area contributed by atoms with Gasteiger partial charge < -0.3 is 10.1 Å². The van der Waals surface area contributed by atoms with Crippen molar-refractivity contribution in [3.05, 3.63) is 63.4 Å². The fourth-order valence-electron chi connectivity index (χ4n) is 3.02. The second-order valence-corrected chi connectivity index (χ2v) is 7.36. The smallest absolute Gasteiger partial charge is 0.328 e. The molecule has 1 aliphatic rings. The first-order chi connectivity index (χ1) is 13.5. The van der Waals surface area contributed by atoms with Crippen LogP contribution in [-0.2, 0) is 18.9 Å². The number of nitrogens with zero attached hydrogens (tertiary/aromatic N) is 3. The third-order valence-corrected chi connectivity index (χ3v) is 5.46. The number of aromatic nitrogens is 2. The molecule has 1 saturated heterocycles. The minimum Gasteiger partial charge on any atom is -0.497 e. The van der Waals surface area contributed by atoms with Crippen molar-refractivity contribution in [2.75, 3.05) is 7.11 Å². The lowest BCUT2D eigenvalue weighted by Gasteiger charge is -2.00. The summed E-state index contributed by atoms with van der Waals surface area (Å²) < 4.78 is 8.33. The summed E-state index contributed by atoms with van der Waals surface area (Å²) >= 11 is 1.28. The van der Waals surface area contributed by atoms with Gasteiger partial charge in [-0.1, -0.05) is 6.07 Å². The standard InChI is InChI=1S/C20H18N4O3S/c1-23-15-9-4-12(10-16(15)24(2)20(23)26)11-17-18(25)22-19(28-17)21-13-5-7-14(27-3)8-6-13/h4-11H,1-3H3,(H,21,22,25). The molecule has 0 saturated carbocycles. The third kappa shape index (κ3) is 3.22. The van der Waals surface area contributed by atoms with Gasteiger partial charge in [-0.2, -0.15) is 0 Å². The predicted octanol–water partition coefficient (Wildman–Crippen LogP) is 2.78. The van der Waals surface area contributed by atoms with E-state index in [-0.39, 0.29) is 11.6 Å². The Kier molecular flexibility index (Phi) is 4.56. The lowest BCUT2D eigenvalue weighted by Crippen LogP contribution is -2.19. The van der Waals surface area contributed by atoms with Gasteiger partial charge in [0.05, 0.1) is 28.7 Å². The van der Waals surface area contributed by atoms with Crippen molar-refractivity contribution >= 4 is 45.6 Å². The van der Waals surface area contributed by atoms with Crippen LogP contribution in [0.1, 0.15) is 5.56 Å². The summed E-state index contributed by atoms with van der Waals surface area (Å²) in [6.45, 7) is 0. The molecule has 2 heterocycles. The number of carbonyl (C=O) groups excluding carboxylic acids is 1. The Hall–Kier alpha value is -3.26. The molecule has 7 nitrogen and oxygen atoms in total. The van der Waals surface area contributed by atoms with E-state index in [2.05, 4.69) is 10.3 Å². The van der Waals surface area contributed by atoms with Gasteiger partial charge in [0.25, 0.3) is 5.91 Å². The van der Waals surface area contributed by atoms with E-state index in [4.69, 9.17) is 4.74 Å². The fraction of sp³-hybridized carbons (Fsp3) is 0.150. The Bertz CT molecular complexity index is 1200. The average Bonchev–Trinajstić information content (AvgIpc) is 3.14. The first-order valence-corrected chi connectivity index (χ1v) is 9.37. The largest absolute Gasteiger partial charge is 0.497 e. The molecule has 0 unspecified atom stereocenters. The average molecular weight is 394 g/mol. The summed E-state index contributed by atoms with van der Waals surface area (Å²) in [4.78, 5) is 29.4.